The molecule has 3 rings (SSSR count). The Balaban J connectivity index is 1.71. The van der Waals surface area contributed by atoms with Gasteiger partial charge in [0, 0.05) is 6.20 Å². The van der Waals surface area contributed by atoms with Crippen molar-refractivity contribution < 1.29 is 14.6 Å². The van der Waals surface area contributed by atoms with E-state index in [2.05, 4.69) is 17.0 Å². The summed E-state index contributed by atoms with van der Waals surface area (Å²) in [6, 6.07) is 0. The van der Waals surface area contributed by atoms with E-state index in [-0.39, 0.29) is 18.6 Å². The molecule has 1 saturated heterocycles. The largest absolute Gasteiger partial charge is 0.472 e. The summed E-state index contributed by atoms with van der Waals surface area (Å²) in [4.78, 5) is 16.3. The van der Waals surface area contributed by atoms with Crippen molar-refractivity contribution in [3.8, 4) is 18.2 Å². The zero-order chi connectivity index (χ0) is 17.6. The molecule has 1 aliphatic carbocycles. The van der Waals surface area contributed by atoms with Crippen molar-refractivity contribution in [2.24, 2.45) is 0 Å². The van der Waals surface area contributed by atoms with Crippen LogP contribution in [0.15, 0.2) is 22.6 Å². The molecule has 2 aliphatic rings. The lowest BCUT2D eigenvalue weighted by Gasteiger charge is -2.16. The second kappa shape index (κ2) is 8.32. The molecule has 0 bridgehead atoms. The molecule has 1 aromatic rings. The fourth-order valence-electron chi connectivity index (χ4n) is 3.34. The Kier molecular flexibility index (Phi) is 5.90. The third kappa shape index (κ3) is 4.30. The Labute approximate surface area is 147 Å². The molecule has 0 amide bonds. The molecule has 2 atom stereocenters. The van der Waals surface area contributed by atoms with Crippen LogP contribution in [0.2, 0.25) is 0 Å². The van der Waals surface area contributed by atoms with Gasteiger partial charge in [0.05, 0.1) is 12.7 Å². The van der Waals surface area contributed by atoms with Crippen LogP contribution in [0.3, 0.4) is 0 Å². The highest BCUT2D eigenvalue weighted by Crippen LogP contribution is 2.27. The number of aliphatic hydroxyl groups is 1. The molecule has 1 N–H and O–H groups in total. The average Bonchev–Trinajstić information content (AvgIpc) is 3.12. The first-order valence-corrected chi connectivity index (χ1v) is 8.88. The molecular weight excluding hydrogens is 320 g/mol. The fraction of sp³-hybridized carbons (Fsp3) is 0.579. The van der Waals surface area contributed by atoms with E-state index in [1.165, 1.54) is 29.4 Å². The van der Waals surface area contributed by atoms with Crippen LogP contribution in [0.5, 0.6) is 5.88 Å². The Morgan fingerprint density at radius 3 is 2.88 bits per heavy atom. The van der Waals surface area contributed by atoms with Crippen molar-refractivity contribution in [3.63, 3.8) is 0 Å². The van der Waals surface area contributed by atoms with Crippen LogP contribution in [0.25, 0.3) is 0 Å². The quantitative estimate of drug-likeness (QED) is 0.654. The Morgan fingerprint density at radius 1 is 1.40 bits per heavy atom. The molecular formula is C19H24N2O4. The van der Waals surface area contributed by atoms with Crippen LogP contribution in [0, 0.1) is 12.3 Å². The van der Waals surface area contributed by atoms with E-state index in [1.54, 1.807) is 6.20 Å². The average molecular weight is 344 g/mol. The van der Waals surface area contributed by atoms with Crippen molar-refractivity contribution in [2.75, 3.05) is 13.2 Å². The monoisotopic (exact) mass is 344 g/mol. The van der Waals surface area contributed by atoms with Crippen molar-refractivity contribution in [3.05, 3.63) is 33.9 Å². The third-order valence-corrected chi connectivity index (χ3v) is 4.76. The van der Waals surface area contributed by atoms with Crippen LogP contribution in [-0.4, -0.2) is 34.0 Å². The van der Waals surface area contributed by atoms with Crippen LogP contribution in [0.4, 0.5) is 0 Å². The van der Waals surface area contributed by atoms with E-state index in [9.17, 15) is 4.79 Å². The van der Waals surface area contributed by atoms with Gasteiger partial charge >= 0.3 is 5.69 Å². The highest BCUT2D eigenvalue weighted by Gasteiger charge is 2.27. The minimum atomic E-state index is -0.456. The molecule has 0 spiro atoms. The number of rotatable bonds is 5. The Hall–Kier alpha value is -2.10. The first kappa shape index (κ1) is 17.7. The molecule has 6 nitrogen and oxygen atoms in total. The molecule has 0 aromatic carbocycles. The van der Waals surface area contributed by atoms with E-state index in [4.69, 9.17) is 21.0 Å². The molecule has 1 aliphatic heterocycles. The van der Waals surface area contributed by atoms with Gasteiger partial charge in [-0.1, -0.05) is 17.9 Å². The van der Waals surface area contributed by atoms with Gasteiger partial charge < -0.3 is 14.6 Å². The Morgan fingerprint density at radius 2 is 2.20 bits per heavy atom. The van der Waals surface area contributed by atoms with E-state index in [0.717, 1.165) is 12.8 Å². The predicted molar refractivity (Wildman–Crippen MR) is 93.3 cm³/mol. The standard InChI is InChI=1S/C19H24N2O4/c1-2-15-12-21(17-9-8-16(13-22)25-17)19(23)20-18(15)24-11-10-14-6-4-3-5-7-14/h1,10,12,16-17,22H,3-9,11,13H2. The normalized spacial score (nSPS) is 23.3. The second-order valence-corrected chi connectivity index (χ2v) is 6.50. The van der Waals surface area contributed by atoms with E-state index >= 15 is 0 Å². The topological polar surface area (TPSA) is 73.6 Å². The highest BCUT2D eigenvalue weighted by atomic mass is 16.5. The molecule has 6 heteroatoms. The minimum absolute atomic E-state index is 0.0590. The number of allylic oxidation sites excluding steroid dienone is 1. The van der Waals surface area contributed by atoms with Crippen LogP contribution in [-0.2, 0) is 4.74 Å². The first-order valence-electron chi connectivity index (χ1n) is 8.88. The van der Waals surface area contributed by atoms with Crippen molar-refractivity contribution in [2.45, 2.75) is 57.3 Å². The number of terminal acetylenes is 1. The van der Waals surface area contributed by atoms with Gasteiger partial charge in [-0.2, -0.15) is 4.98 Å². The van der Waals surface area contributed by atoms with Gasteiger partial charge in [0.2, 0.25) is 5.88 Å². The summed E-state index contributed by atoms with van der Waals surface area (Å²) in [6.45, 7) is 0.309. The smallest absolute Gasteiger partial charge is 0.353 e. The van der Waals surface area contributed by atoms with Gasteiger partial charge in [0.15, 0.2) is 0 Å². The minimum Gasteiger partial charge on any atom is -0.472 e. The molecule has 25 heavy (non-hydrogen) atoms. The molecule has 2 fully saturated rings. The van der Waals surface area contributed by atoms with Crippen LogP contribution >= 0.6 is 0 Å². The molecule has 134 valence electrons. The fourth-order valence-corrected chi connectivity index (χ4v) is 3.34. The highest BCUT2D eigenvalue weighted by molar-refractivity contribution is 5.38. The van der Waals surface area contributed by atoms with Gasteiger partial charge in [0.25, 0.3) is 0 Å². The van der Waals surface area contributed by atoms with E-state index in [1.807, 2.05) is 0 Å². The molecule has 1 saturated carbocycles. The number of aliphatic hydroxyl groups excluding tert-OH is 1. The summed E-state index contributed by atoms with van der Waals surface area (Å²) < 4.78 is 12.7. The Bertz CT molecular complexity index is 724. The summed E-state index contributed by atoms with van der Waals surface area (Å²) in [5.41, 5.74) is 1.37. The van der Waals surface area contributed by atoms with Gasteiger partial charge in [-0.3, -0.25) is 4.57 Å². The molecule has 0 radical (unpaired) electrons. The summed E-state index contributed by atoms with van der Waals surface area (Å²) in [5, 5.41) is 9.16. The predicted octanol–water partition coefficient (Wildman–Crippen LogP) is 2.16. The zero-order valence-corrected chi connectivity index (χ0v) is 14.3. The summed E-state index contributed by atoms with van der Waals surface area (Å²) in [6.07, 6.45) is 15.8. The van der Waals surface area contributed by atoms with E-state index in [0.29, 0.717) is 25.0 Å². The molecule has 1 aromatic heterocycles. The summed E-state index contributed by atoms with van der Waals surface area (Å²) >= 11 is 0. The maximum absolute atomic E-state index is 12.3. The van der Waals surface area contributed by atoms with E-state index < -0.39 is 11.9 Å². The summed E-state index contributed by atoms with van der Waals surface area (Å²) in [7, 11) is 0. The van der Waals surface area contributed by atoms with Crippen molar-refractivity contribution in [1.29, 1.82) is 0 Å². The van der Waals surface area contributed by atoms with Gasteiger partial charge in [0.1, 0.15) is 18.4 Å². The van der Waals surface area contributed by atoms with Gasteiger partial charge in [-0.25, -0.2) is 4.79 Å². The maximum atomic E-state index is 12.3. The lowest BCUT2D eigenvalue weighted by molar-refractivity contribution is -0.0247. The van der Waals surface area contributed by atoms with Gasteiger partial charge in [-0.05, 0) is 44.6 Å². The number of hydrogen-bond acceptors (Lipinski definition) is 5. The number of ether oxygens (including phenoxy) is 2. The zero-order valence-electron chi connectivity index (χ0n) is 14.3. The van der Waals surface area contributed by atoms with Crippen molar-refractivity contribution >= 4 is 0 Å². The lowest BCUT2D eigenvalue weighted by Crippen LogP contribution is -2.28. The van der Waals surface area contributed by atoms with Crippen molar-refractivity contribution in [1.82, 2.24) is 9.55 Å². The molecule has 2 heterocycles. The van der Waals surface area contributed by atoms with Gasteiger partial charge in [-0.15, -0.1) is 6.42 Å². The third-order valence-electron chi connectivity index (χ3n) is 4.76. The summed E-state index contributed by atoms with van der Waals surface area (Å²) in [5.74, 6) is 2.72. The van der Waals surface area contributed by atoms with Crippen LogP contribution < -0.4 is 10.4 Å². The number of nitrogens with zero attached hydrogens (tertiary/aromatic N) is 2. The number of hydrogen-bond donors (Lipinski definition) is 1. The first-order chi connectivity index (χ1) is 12.2. The second-order valence-electron chi connectivity index (χ2n) is 6.50. The maximum Gasteiger partial charge on any atom is 0.353 e. The number of aromatic nitrogens is 2. The molecule has 2 unspecified atom stereocenters. The lowest BCUT2D eigenvalue weighted by atomic mass is 9.95. The van der Waals surface area contributed by atoms with Crippen LogP contribution in [0.1, 0.15) is 56.7 Å². The SMILES string of the molecule is C#Cc1cn(C2CCC(CO)O2)c(=O)nc1OCC=C1CCCCC1.